The Bertz CT molecular complexity index is 494. The number of aromatic nitrogens is 1. The number of rotatable bonds is 2. The predicted octanol–water partition coefficient (Wildman–Crippen LogP) is 1.83. The minimum absolute atomic E-state index is 0. The summed E-state index contributed by atoms with van der Waals surface area (Å²) in [5.74, 6) is -0.290. The Labute approximate surface area is 138 Å². The molecule has 0 atom stereocenters. The first kappa shape index (κ1) is 20.8. The van der Waals surface area contributed by atoms with E-state index in [9.17, 15) is 18.0 Å². The minimum Gasteiger partial charge on any atom is -0.398 e. The standard InChI is InChI=1S/C12H15F3N4O.2ClH/c13-12(14,15)8-18-3-5-19(6-4-18)11(20)9-7-17-2-1-10(9)16;;/h1-2,7H,3-6,8H2,(H2,16,17);2*1H. The Morgan fingerprint density at radius 2 is 1.82 bits per heavy atom. The van der Waals surface area contributed by atoms with Crippen molar-refractivity contribution in [2.45, 2.75) is 6.18 Å². The van der Waals surface area contributed by atoms with Crippen molar-refractivity contribution < 1.29 is 18.0 Å². The van der Waals surface area contributed by atoms with Gasteiger partial charge in [-0.1, -0.05) is 0 Å². The lowest BCUT2D eigenvalue weighted by Crippen LogP contribution is -2.51. The average molecular weight is 361 g/mol. The highest BCUT2D eigenvalue weighted by molar-refractivity contribution is 5.98. The lowest BCUT2D eigenvalue weighted by Gasteiger charge is -2.35. The molecule has 2 rings (SSSR count). The zero-order valence-electron chi connectivity index (χ0n) is 11.5. The molecule has 0 aromatic carbocycles. The maximum Gasteiger partial charge on any atom is 0.401 e. The quantitative estimate of drug-likeness (QED) is 0.873. The summed E-state index contributed by atoms with van der Waals surface area (Å²) in [6.07, 6.45) is -1.35. The van der Waals surface area contributed by atoms with Crippen LogP contribution in [0.3, 0.4) is 0 Å². The van der Waals surface area contributed by atoms with Crippen LogP contribution in [0.5, 0.6) is 0 Å². The number of amides is 1. The summed E-state index contributed by atoms with van der Waals surface area (Å²) in [5, 5.41) is 0. The Morgan fingerprint density at radius 3 is 2.32 bits per heavy atom. The van der Waals surface area contributed by atoms with E-state index in [0.717, 1.165) is 0 Å². The first-order valence-electron chi connectivity index (χ1n) is 6.15. The Balaban J connectivity index is 0.00000220. The Kier molecular flexibility index (Phi) is 7.92. The van der Waals surface area contributed by atoms with Crippen molar-refractivity contribution in [1.82, 2.24) is 14.8 Å². The summed E-state index contributed by atoms with van der Waals surface area (Å²) in [4.78, 5) is 18.8. The van der Waals surface area contributed by atoms with Crippen molar-refractivity contribution in [2.75, 3.05) is 38.5 Å². The molecule has 0 spiro atoms. The van der Waals surface area contributed by atoms with Gasteiger partial charge in [0.25, 0.3) is 5.91 Å². The summed E-state index contributed by atoms with van der Waals surface area (Å²) in [6.45, 7) is -0.0343. The third kappa shape index (κ3) is 5.51. The fourth-order valence-electron chi connectivity index (χ4n) is 2.12. The number of nitrogens with zero attached hydrogens (tertiary/aromatic N) is 3. The van der Waals surface area contributed by atoms with E-state index in [2.05, 4.69) is 4.98 Å². The molecule has 5 nitrogen and oxygen atoms in total. The van der Waals surface area contributed by atoms with E-state index in [4.69, 9.17) is 5.73 Å². The van der Waals surface area contributed by atoms with Crippen molar-refractivity contribution in [2.24, 2.45) is 0 Å². The number of anilines is 1. The monoisotopic (exact) mass is 360 g/mol. The van der Waals surface area contributed by atoms with Gasteiger partial charge in [-0.25, -0.2) is 0 Å². The van der Waals surface area contributed by atoms with E-state index in [1.807, 2.05) is 0 Å². The topological polar surface area (TPSA) is 62.5 Å². The van der Waals surface area contributed by atoms with E-state index in [1.54, 1.807) is 0 Å². The molecule has 10 heteroatoms. The Morgan fingerprint density at radius 1 is 1.23 bits per heavy atom. The van der Waals surface area contributed by atoms with Crippen molar-refractivity contribution in [3.05, 3.63) is 24.0 Å². The van der Waals surface area contributed by atoms with Gasteiger partial charge in [0, 0.05) is 44.3 Å². The van der Waals surface area contributed by atoms with Crippen LogP contribution >= 0.6 is 24.8 Å². The number of nitrogens with two attached hydrogens (primary N) is 1. The van der Waals surface area contributed by atoms with Crippen LogP contribution in [0.1, 0.15) is 10.4 Å². The van der Waals surface area contributed by atoms with Crippen LogP contribution in [0, 0.1) is 0 Å². The van der Waals surface area contributed by atoms with Gasteiger partial charge in [-0.05, 0) is 6.07 Å². The molecular formula is C12H17Cl2F3N4O. The van der Waals surface area contributed by atoms with Gasteiger partial charge in [0.1, 0.15) is 0 Å². The van der Waals surface area contributed by atoms with E-state index < -0.39 is 12.7 Å². The van der Waals surface area contributed by atoms with Gasteiger partial charge in [-0.3, -0.25) is 14.7 Å². The predicted molar refractivity (Wildman–Crippen MR) is 81.5 cm³/mol. The van der Waals surface area contributed by atoms with Gasteiger partial charge in [0.05, 0.1) is 12.1 Å². The summed E-state index contributed by atoms with van der Waals surface area (Å²) in [6, 6.07) is 1.52. The van der Waals surface area contributed by atoms with Crippen molar-refractivity contribution in [3.63, 3.8) is 0 Å². The van der Waals surface area contributed by atoms with Crippen LogP contribution in [-0.4, -0.2) is 59.6 Å². The number of nitrogen functional groups attached to an aromatic ring is 1. The molecule has 1 aliphatic heterocycles. The second-order valence-corrected chi connectivity index (χ2v) is 4.65. The van der Waals surface area contributed by atoms with Gasteiger partial charge >= 0.3 is 6.18 Å². The molecule has 22 heavy (non-hydrogen) atoms. The minimum atomic E-state index is -4.21. The summed E-state index contributed by atoms with van der Waals surface area (Å²) < 4.78 is 36.8. The van der Waals surface area contributed by atoms with Gasteiger partial charge in [0.15, 0.2) is 0 Å². The largest absolute Gasteiger partial charge is 0.401 e. The summed E-state index contributed by atoms with van der Waals surface area (Å²) in [7, 11) is 0. The molecule has 2 N–H and O–H groups in total. The number of pyridine rings is 1. The van der Waals surface area contributed by atoms with E-state index >= 15 is 0 Å². The smallest absolute Gasteiger partial charge is 0.398 e. The zero-order chi connectivity index (χ0) is 14.8. The third-order valence-corrected chi connectivity index (χ3v) is 3.15. The highest BCUT2D eigenvalue weighted by Crippen LogP contribution is 2.19. The molecule has 0 bridgehead atoms. The molecule has 0 saturated carbocycles. The van der Waals surface area contributed by atoms with Gasteiger partial charge in [-0.15, -0.1) is 24.8 Å². The van der Waals surface area contributed by atoms with Crippen LogP contribution < -0.4 is 5.73 Å². The molecule has 1 amide bonds. The van der Waals surface area contributed by atoms with E-state index in [-0.39, 0.29) is 62.5 Å². The molecule has 1 saturated heterocycles. The van der Waals surface area contributed by atoms with Gasteiger partial charge < -0.3 is 10.6 Å². The molecule has 2 heterocycles. The second-order valence-electron chi connectivity index (χ2n) is 4.65. The molecule has 1 aromatic heterocycles. The van der Waals surface area contributed by atoms with Crippen LogP contribution in [0.2, 0.25) is 0 Å². The maximum atomic E-state index is 12.3. The number of piperazine rings is 1. The van der Waals surface area contributed by atoms with Crippen molar-refractivity contribution >= 4 is 36.4 Å². The first-order chi connectivity index (χ1) is 9.37. The molecule has 0 radical (unpaired) electrons. The number of carbonyl (C=O) groups is 1. The fraction of sp³-hybridized carbons (Fsp3) is 0.500. The lowest BCUT2D eigenvalue weighted by molar-refractivity contribution is -0.148. The normalized spacial score (nSPS) is 15.7. The molecule has 1 aromatic rings. The van der Waals surface area contributed by atoms with E-state index in [0.29, 0.717) is 5.69 Å². The lowest BCUT2D eigenvalue weighted by atomic mass is 10.2. The zero-order valence-corrected chi connectivity index (χ0v) is 13.2. The van der Waals surface area contributed by atoms with Crippen molar-refractivity contribution in [1.29, 1.82) is 0 Å². The maximum absolute atomic E-state index is 12.3. The van der Waals surface area contributed by atoms with Gasteiger partial charge in [-0.2, -0.15) is 13.2 Å². The highest BCUT2D eigenvalue weighted by Gasteiger charge is 2.33. The molecule has 0 unspecified atom stereocenters. The average Bonchev–Trinajstić information content (AvgIpc) is 2.37. The van der Waals surface area contributed by atoms with E-state index in [1.165, 1.54) is 28.3 Å². The number of alkyl halides is 3. The molecule has 1 fully saturated rings. The number of hydrogen-bond acceptors (Lipinski definition) is 4. The van der Waals surface area contributed by atoms with Crippen LogP contribution in [0.4, 0.5) is 18.9 Å². The summed E-state index contributed by atoms with van der Waals surface area (Å²) in [5.41, 5.74) is 6.30. The molecular weight excluding hydrogens is 344 g/mol. The van der Waals surface area contributed by atoms with Crippen LogP contribution in [-0.2, 0) is 0 Å². The first-order valence-corrected chi connectivity index (χ1v) is 6.15. The summed E-state index contributed by atoms with van der Waals surface area (Å²) >= 11 is 0. The second kappa shape index (κ2) is 8.40. The van der Waals surface area contributed by atoms with Gasteiger partial charge in [0.2, 0.25) is 0 Å². The van der Waals surface area contributed by atoms with Crippen molar-refractivity contribution in [3.8, 4) is 0 Å². The number of halogens is 5. The highest BCUT2D eigenvalue weighted by atomic mass is 35.5. The molecule has 126 valence electrons. The third-order valence-electron chi connectivity index (χ3n) is 3.15. The van der Waals surface area contributed by atoms with Crippen LogP contribution in [0.15, 0.2) is 18.5 Å². The molecule has 0 aliphatic carbocycles. The fourth-order valence-corrected chi connectivity index (χ4v) is 2.12. The number of hydrogen-bond donors (Lipinski definition) is 1. The SMILES string of the molecule is Cl.Cl.Nc1ccncc1C(=O)N1CCN(CC(F)(F)F)CC1. The Hall–Kier alpha value is -1.25. The van der Waals surface area contributed by atoms with Crippen LogP contribution in [0.25, 0.3) is 0 Å². The molecule has 1 aliphatic rings. The number of carbonyl (C=O) groups excluding carboxylic acids is 1.